The summed E-state index contributed by atoms with van der Waals surface area (Å²) in [6, 6.07) is 13.0. The number of aliphatic hydroxyl groups is 1. The third kappa shape index (κ3) is 4.30. The fraction of sp³-hybridized carbons (Fsp3) is 0.462. The Balaban J connectivity index is 1.71. The van der Waals surface area contributed by atoms with Crippen LogP contribution in [0.25, 0.3) is 22.2 Å². The molecule has 0 aliphatic carbocycles. The van der Waals surface area contributed by atoms with Crippen molar-refractivity contribution >= 4 is 10.9 Å². The Morgan fingerprint density at radius 1 is 1.03 bits per heavy atom. The maximum absolute atomic E-state index is 9.20. The average Bonchev–Trinajstić information content (AvgIpc) is 3.18. The number of ether oxygens (including phenoxy) is 2. The van der Waals surface area contributed by atoms with Crippen LogP contribution in [0.15, 0.2) is 36.4 Å². The average molecular weight is 423 g/mol. The van der Waals surface area contributed by atoms with E-state index in [2.05, 4.69) is 48.0 Å². The summed E-state index contributed by atoms with van der Waals surface area (Å²) in [4.78, 5) is 6.03. The second-order valence-electron chi connectivity index (χ2n) is 8.78. The summed E-state index contributed by atoms with van der Waals surface area (Å²) in [7, 11) is 3.34. The Bertz CT molecular complexity index is 1030. The lowest BCUT2D eigenvalue weighted by atomic mass is 9.87. The van der Waals surface area contributed by atoms with Gasteiger partial charge in [-0.05, 0) is 79.2 Å². The van der Waals surface area contributed by atoms with Gasteiger partial charge in [0.05, 0.1) is 26.5 Å². The van der Waals surface area contributed by atoms with Crippen molar-refractivity contribution in [1.82, 2.24) is 9.88 Å². The van der Waals surface area contributed by atoms with Crippen LogP contribution in [0.4, 0.5) is 0 Å². The van der Waals surface area contributed by atoms with E-state index < -0.39 is 0 Å². The molecule has 0 atom stereocenters. The number of aromatic nitrogens is 1. The molecular weight excluding hydrogens is 388 g/mol. The first-order chi connectivity index (χ1) is 15.0. The highest BCUT2D eigenvalue weighted by Crippen LogP contribution is 2.40. The van der Waals surface area contributed by atoms with Gasteiger partial charge in [0.2, 0.25) is 0 Å². The van der Waals surface area contributed by atoms with Crippen molar-refractivity contribution in [2.75, 3.05) is 40.5 Å². The molecule has 0 bridgehead atoms. The van der Waals surface area contributed by atoms with Gasteiger partial charge in [-0.15, -0.1) is 0 Å². The highest BCUT2D eigenvalue weighted by molar-refractivity contribution is 5.92. The molecule has 2 N–H and O–H groups in total. The predicted molar refractivity (Wildman–Crippen MR) is 126 cm³/mol. The number of β-amino-alcohol motifs (C(OH)–C–C–N with tert-alkyl or cyclic N) is 1. The summed E-state index contributed by atoms with van der Waals surface area (Å²) in [5.41, 5.74) is 6.21. The second kappa shape index (κ2) is 9.33. The highest BCUT2D eigenvalue weighted by atomic mass is 16.5. The molecule has 31 heavy (non-hydrogen) atoms. The van der Waals surface area contributed by atoms with E-state index in [1.54, 1.807) is 14.2 Å². The van der Waals surface area contributed by atoms with Crippen molar-refractivity contribution in [3.63, 3.8) is 0 Å². The second-order valence-corrected chi connectivity index (χ2v) is 8.78. The molecule has 1 aliphatic heterocycles. The smallest absolute Gasteiger partial charge is 0.161 e. The van der Waals surface area contributed by atoms with Crippen molar-refractivity contribution in [3.8, 4) is 22.8 Å². The highest BCUT2D eigenvalue weighted by Gasteiger charge is 2.23. The lowest BCUT2D eigenvalue weighted by Crippen LogP contribution is -2.34. The van der Waals surface area contributed by atoms with Crippen molar-refractivity contribution in [2.24, 2.45) is 0 Å². The first-order valence-electron chi connectivity index (χ1n) is 11.3. The standard InChI is InChI=1S/C26H34N2O3/c1-17(2)25-21-15-19(18-9-11-28(12-10-18)13-14-29)5-7-22(21)27-26(25)20-6-8-23(30-3)24(16-20)31-4/h5-8,15-18,27,29H,9-14H2,1-4H3. The normalized spacial score (nSPS) is 15.7. The fourth-order valence-electron chi connectivity index (χ4n) is 4.93. The Morgan fingerprint density at radius 3 is 2.42 bits per heavy atom. The van der Waals surface area contributed by atoms with Crippen LogP contribution < -0.4 is 9.47 Å². The molecule has 0 saturated carbocycles. The van der Waals surface area contributed by atoms with Gasteiger partial charge in [0.25, 0.3) is 0 Å². The molecule has 0 radical (unpaired) electrons. The molecule has 5 heteroatoms. The first kappa shape index (κ1) is 21.7. The topological polar surface area (TPSA) is 57.7 Å². The number of methoxy groups -OCH3 is 2. The number of nitrogens with one attached hydrogen (secondary N) is 1. The summed E-state index contributed by atoms with van der Waals surface area (Å²) in [6.45, 7) is 7.67. The number of fused-ring (bicyclic) bond motifs is 1. The Morgan fingerprint density at radius 2 is 1.77 bits per heavy atom. The number of likely N-dealkylation sites (tertiary alicyclic amines) is 1. The minimum absolute atomic E-state index is 0.247. The van der Waals surface area contributed by atoms with E-state index in [0.29, 0.717) is 11.8 Å². The van der Waals surface area contributed by atoms with Crippen molar-refractivity contribution in [3.05, 3.63) is 47.5 Å². The number of rotatable bonds is 7. The van der Waals surface area contributed by atoms with Gasteiger partial charge in [-0.1, -0.05) is 19.9 Å². The number of benzene rings is 2. The lowest BCUT2D eigenvalue weighted by Gasteiger charge is -2.31. The Labute approximate surface area is 185 Å². The molecule has 0 spiro atoms. The van der Waals surface area contributed by atoms with E-state index in [1.807, 2.05) is 12.1 Å². The van der Waals surface area contributed by atoms with Crippen molar-refractivity contribution in [2.45, 2.75) is 38.5 Å². The van der Waals surface area contributed by atoms with Crippen molar-refractivity contribution in [1.29, 1.82) is 0 Å². The predicted octanol–water partition coefficient (Wildman–Crippen LogP) is 5.15. The number of piperidine rings is 1. The molecule has 0 amide bonds. The van der Waals surface area contributed by atoms with E-state index >= 15 is 0 Å². The molecule has 1 aliphatic rings. The van der Waals surface area contributed by atoms with Crippen LogP contribution in [0.1, 0.15) is 49.7 Å². The van der Waals surface area contributed by atoms with E-state index in [4.69, 9.17) is 9.47 Å². The maximum Gasteiger partial charge on any atom is 0.161 e. The zero-order chi connectivity index (χ0) is 22.0. The van der Waals surface area contributed by atoms with Gasteiger partial charge in [0, 0.05) is 23.0 Å². The summed E-state index contributed by atoms with van der Waals surface area (Å²) >= 11 is 0. The van der Waals surface area contributed by atoms with Crippen molar-refractivity contribution < 1.29 is 14.6 Å². The van der Waals surface area contributed by atoms with E-state index in [9.17, 15) is 5.11 Å². The zero-order valence-electron chi connectivity index (χ0n) is 19.1. The third-order valence-electron chi connectivity index (χ3n) is 6.59. The van der Waals surface area contributed by atoms with Crippen LogP contribution in [0, 0.1) is 0 Å². The van der Waals surface area contributed by atoms with Gasteiger partial charge in [0.15, 0.2) is 11.5 Å². The molecule has 2 aromatic carbocycles. The van der Waals surface area contributed by atoms with E-state index in [0.717, 1.165) is 55.2 Å². The molecule has 1 saturated heterocycles. The van der Waals surface area contributed by atoms with E-state index in [1.165, 1.54) is 22.0 Å². The van der Waals surface area contributed by atoms with Gasteiger partial charge in [-0.3, -0.25) is 0 Å². The van der Waals surface area contributed by atoms with Gasteiger partial charge in [-0.2, -0.15) is 0 Å². The van der Waals surface area contributed by atoms with Crippen LogP contribution >= 0.6 is 0 Å². The Kier molecular flexibility index (Phi) is 6.54. The largest absolute Gasteiger partial charge is 0.493 e. The summed E-state index contributed by atoms with van der Waals surface area (Å²) < 4.78 is 11.0. The monoisotopic (exact) mass is 422 g/mol. The minimum atomic E-state index is 0.247. The third-order valence-corrected chi connectivity index (χ3v) is 6.59. The summed E-state index contributed by atoms with van der Waals surface area (Å²) in [5.74, 6) is 2.45. The number of H-pyrrole nitrogens is 1. The number of hydrogen-bond donors (Lipinski definition) is 2. The van der Waals surface area contributed by atoms with Gasteiger partial charge < -0.3 is 24.5 Å². The van der Waals surface area contributed by atoms with Crippen LogP contribution in [-0.2, 0) is 0 Å². The molecule has 0 unspecified atom stereocenters. The summed E-state index contributed by atoms with van der Waals surface area (Å²) in [6.07, 6.45) is 2.30. The molecule has 1 fully saturated rings. The van der Waals surface area contributed by atoms with Crippen LogP contribution in [0.2, 0.25) is 0 Å². The maximum atomic E-state index is 9.20. The van der Waals surface area contributed by atoms with E-state index in [-0.39, 0.29) is 6.61 Å². The Hall–Kier alpha value is -2.50. The number of nitrogens with zero attached hydrogens (tertiary/aromatic N) is 1. The van der Waals surface area contributed by atoms with Crippen LogP contribution in [0.3, 0.4) is 0 Å². The molecule has 2 heterocycles. The fourth-order valence-corrected chi connectivity index (χ4v) is 4.93. The zero-order valence-corrected chi connectivity index (χ0v) is 19.1. The van der Waals surface area contributed by atoms with Gasteiger partial charge in [-0.25, -0.2) is 0 Å². The number of aromatic amines is 1. The van der Waals surface area contributed by atoms with Gasteiger partial charge >= 0.3 is 0 Å². The number of hydrogen-bond acceptors (Lipinski definition) is 4. The molecule has 5 nitrogen and oxygen atoms in total. The van der Waals surface area contributed by atoms with Crippen LogP contribution in [0.5, 0.6) is 11.5 Å². The molecule has 166 valence electrons. The molecule has 3 aromatic rings. The molecule has 4 rings (SSSR count). The minimum Gasteiger partial charge on any atom is -0.493 e. The summed E-state index contributed by atoms with van der Waals surface area (Å²) in [5, 5.41) is 10.5. The number of aliphatic hydroxyl groups excluding tert-OH is 1. The molecular formula is C26H34N2O3. The first-order valence-corrected chi connectivity index (χ1v) is 11.3. The quantitative estimate of drug-likeness (QED) is 0.553. The SMILES string of the molecule is COc1ccc(-c2[nH]c3ccc(C4CCN(CCO)CC4)cc3c2C(C)C)cc1OC. The lowest BCUT2D eigenvalue weighted by molar-refractivity contribution is 0.164. The molecule has 1 aromatic heterocycles. The van der Waals surface area contributed by atoms with Gasteiger partial charge in [0.1, 0.15) is 0 Å². The van der Waals surface area contributed by atoms with Crippen LogP contribution in [-0.4, -0.2) is 55.5 Å².